The highest BCUT2D eigenvalue weighted by atomic mass is 16.8. The van der Waals surface area contributed by atoms with Gasteiger partial charge in [-0.15, -0.1) is 0 Å². The molecule has 35 atom stereocenters. The molecule has 5 saturated heterocycles. The molecule has 0 amide bonds. The summed E-state index contributed by atoms with van der Waals surface area (Å²) in [7, 11) is 0. The minimum absolute atomic E-state index is 0.0579. The number of aliphatic hydroxyl groups excluding tert-OH is 17. The van der Waals surface area contributed by atoms with Crippen molar-refractivity contribution in [3.8, 4) is 0 Å². The lowest BCUT2D eigenvalue weighted by molar-refractivity contribution is -0.389. The van der Waals surface area contributed by atoms with Crippen molar-refractivity contribution in [2.75, 3.05) is 19.8 Å². The lowest BCUT2D eigenvalue weighted by atomic mass is 9.72. The summed E-state index contributed by atoms with van der Waals surface area (Å²) >= 11 is 0. The number of fused-ring (bicyclic) bond motifs is 1. The first kappa shape index (κ1) is 76.0. The molecule has 96 heavy (non-hydrogen) atoms. The molecule has 5 heterocycles. The normalized spacial score (nSPS) is 47.2. The molecule has 4 saturated carbocycles. The highest BCUT2D eigenvalue weighted by molar-refractivity contribution is 5.90. The number of carbonyl (C=O) groups is 5. The Balaban J connectivity index is 0.984. The highest BCUT2D eigenvalue weighted by Gasteiger charge is 2.59. The van der Waals surface area contributed by atoms with Gasteiger partial charge in [0.2, 0.25) is 0 Å². The van der Waals surface area contributed by atoms with Gasteiger partial charge in [-0.3, -0.25) is 9.59 Å². The number of aliphatic hydroxyl groups is 19. The Kier molecular flexibility index (Phi) is 26.5. The SMILES string of the molecule is O=C(O)CC(=O)OC[C@H]1O[C@@H](OC2CC3C(O)CC(O[C@@H]4O[C@H](COC(=O)C=CC5CCC(O)C(O)C5)[C@@H](O)[C@H](O)[C@H]4O)CC3[OH+]C2C2CCC(O)C(O[C@@H]3O[C@H](C(=O)[O-])[C@@H](O)[C@H](O)[C@H]3O)C2)[C@H](O[C@@H]2O[C@H](CO)[C@@H](O)[C@H](O)[C@H]2OC(=O)C=CC2CCC(O)C(O)C2)[C@@H](O)[C@H]1O. The molecule has 9 fully saturated rings. The summed E-state index contributed by atoms with van der Waals surface area (Å²) in [4.78, 5) is 62.2. The molecular formula is C60H90O36. The van der Waals surface area contributed by atoms with Crippen LogP contribution in [0, 0.1) is 23.7 Å². The number of carboxylic acids is 2. The van der Waals surface area contributed by atoms with Crippen LogP contribution in [0.1, 0.15) is 83.5 Å². The summed E-state index contributed by atoms with van der Waals surface area (Å²) in [5, 5.41) is 206. The molecule has 15 unspecified atom stereocenters. The smallest absolute Gasteiger partial charge is 0.330 e. The van der Waals surface area contributed by atoms with Gasteiger partial charge in [0.1, 0.15) is 117 Å². The summed E-state index contributed by atoms with van der Waals surface area (Å²) < 4.78 is 69.6. The third-order valence-corrected chi connectivity index (χ3v) is 19.7. The summed E-state index contributed by atoms with van der Waals surface area (Å²) in [5.41, 5.74) is 0. The molecule has 9 rings (SSSR count). The van der Waals surface area contributed by atoms with Crippen molar-refractivity contribution < 1.29 is 178 Å². The Morgan fingerprint density at radius 1 is 0.469 bits per heavy atom. The van der Waals surface area contributed by atoms with Gasteiger partial charge in [0.15, 0.2) is 43.5 Å². The summed E-state index contributed by atoms with van der Waals surface area (Å²) in [5.74, 6) is -9.35. The van der Waals surface area contributed by atoms with Gasteiger partial charge in [0, 0.05) is 30.9 Å². The molecule has 0 aromatic carbocycles. The standard InChI is InChI=1S/C60H90O36/c61-18-35-42(73)47(78)54(94-40(71)10-4-22-2-7-27(63)31(67)12-22)60(91-35)96-55-48(79)44(75)37(20-86-41(72)17-38(68)69)93-59(55)90-34-16-25-29(65)14-24(87-57-50(81)45(76)43(74)36(92-57)19-85-39(70)9-3-21-1-6-26(62)30(66)11-21)15-32(25)88-52(34)23-5-8-28(64)33(13-23)89-58-51(82)46(77)49(80)53(95-58)56(83)84/h3-4,9-10,21-37,42-55,57-67,73-82H,1-2,5-8,11-20H2,(H,68,69)(H,83,84)/t21?,22?,23?,24?,25?,26?,27?,28?,29?,30?,31?,32?,33?,34?,35-,36-,37-,42-,43-,44+,45+,46+,47+,48+,49+,50-,51-,52?,53+,54-,55-,57-,58-,59-,60+/m1/s1. The van der Waals surface area contributed by atoms with E-state index in [0.29, 0.717) is 19.3 Å². The average Bonchev–Trinajstić information content (AvgIpc) is 1.92. The van der Waals surface area contributed by atoms with Crippen LogP contribution in [0.3, 0.4) is 0 Å². The second-order valence-electron chi connectivity index (χ2n) is 26.4. The minimum Gasteiger partial charge on any atom is -0.547 e. The third-order valence-electron chi connectivity index (χ3n) is 19.7. The molecule has 0 spiro atoms. The Bertz CT molecular complexity index is 2640. The van der Waals surface area contributed by atoms with Crippen molar-refractivity contribution in [1.82, 2.24) is 0 Å². The fourth-order valence-electron chi connectivity index (χ4n) is 14.2. The Morgan fingerprint density at radius 3 is 1.61 bits per heavy atom. The van der Waals surface area contributed by atoms with Crippen LogP contribution in [0.2, 0.25) is 0 Å². The molecule has 546 valence electrons. The van der Waals surface area contributed by atoms with E-state index in [1.165, 1.54) is 12.2 Å². The quantitative estimate of drug-likeness (QED) is 0.0157. The van der Waals surface area contributed by atoms with Crippen molar-refractivity contribution >= 4 is 29.8 Å². The van der Waals surface area contributed by atoms with Crippen LogP contribution in [0.5, 0.6) is 0 Å². The van der Waals surface area contributed by atoms with E-state index in [0.717, 1.165) is 12.2 Å². The van der Waals surface area contributed by atoms with E-state index in [1.807, 2.05) is 0 Å². The molecule has 0 aromatic rings. The summed E-state index contributed by atoms with van der Waals surface area (Å²) in [6.45, 7) is -2.59. The maximum atomic E-state index is 13.5. The predicted molar refractivity (Wildman–Crippen MR) is 304 cm³/mol. The molecule has 9 aliphatic rings. The Labute approximate surface area is 547 Å². The zero-order chi connectivity index (χ0) is 69.7. The van der Waals surface area contributed by atoms with E-state index in [9.17, 15) is 121 Å². The number of rotatable bonds is 22. The Morgan fingerprint density at radius 2 is 1.00 bits per heavy atom. The Hall–Kier alpha value is -4.21. The fraction of sp³-hybridized carbons (Fsp3) is 0.850. The highest BCUT2D eigenvalue weighted by Crippen LogP contribution is 2.45. The number of hydrogen-bond donors (Lipinski definition) is 18. The maximum Gasteiger partial charge on any atom is 0.330 e. The van der Waals surface area contributed by atoms with Crippen molar-refractivity contribution in [2.45, 2.75) is 273 Å². The lowest BCUT2D eigenvalue weighted by Gasteiger charge is -2.50. The maximum absolute atomic E-state index is 13.5. The number of ether oxygens (including phenoxy) is 12. The van der Waals surface area contributed by atoms with Crippen molar-refractivity contribution in [2.24, 2.45) is 23.7 Å². The van der Waals surface area contributed by atoms with Gasteiger partial charge in [-0.05, 0) is 76.0 Å². The van der Waals surface area contributed by atoms with Gasteiger partial charge in [0.05, 0.1) is 67.3 Å². The van der Waals surface area contributed by atoms with Gasteiger partial charge < -0.3 is 159 Å². The second-order valence-corrected chi connectivity index (χ2v) is 26.4. The topological polar surface area (TPSA) is 587 Å². The number of carbonyl (C=O) groups excluding carboxylic acids is 4. The molecule has 0 aromatic heterocycles. The van der Waals surface area contributed by atoms with E-state index in [4.69, 9.17) is 56.8 Å². The van der Waals surface area contributed by atoms with E-state index in [1.54, 1.807) is 0 Å². The molecule has 19 N–H and O–H groups in total. The molecule has 36 heteroatoms. The number of carboxylic acid groups (broad SMARTS) is 2. The van der Waals surface area contributed by atoms with Crippen LogP contribution in [0.15, 0.2) is 24.3 Å². The van der Waals surface area contributed by atoms with Crippen molar-refractivity contribution in [3.63, 3.8) is 0 Å². The number of hydrogen-bond acceptors (Lipinski definition) is 34. The molecule has 4 aliphatic carbocycles. The van der Waals surface area contributed by atoms with Crippen LogP contribution in [-0.4, -0.2) is 336 Å². The number of allylic oxidation sites excluding steroid dienone is 2. The van der Waals surface area contributed by atoms with Gasteiger partial charge in [0.25, 0.3) is 0 Å². The first-order valence-corrected chi connectivity index (χ1v) is 32.3. The van der Waals surface area contributed by atoms with Crippen LogP contribution >= 0.6 is 0 Å². The lowest BCUT2D eigenvalue weighted by Crippen LogP contribution is -2.66. The van der Waals surface area contributed by atoms with Crippen LogP contribution in [0.25, 0.3) is 0 Å². The minimum atomic E-state index is -2.23. The average molecular weight is 1390 g/mol. The summed E-state index contributed by atoms with van der Waals surface area (Å²) in [6.07, 6.45) is -47.9. The van der Waals surface area contributed by atoms with Crippen LogP contribution in [-0.2, 0) is 76.1 Å². The van der Waals surface area contributed by atoms with Gasteiger partial charge in [-0.25, -0.2) is 9.59 Å². The van der Waals surface area contributed by atoms with Gasteiger partial charge in [-0.2, -0.15) is 0 Å². The molecular weight excluding hydrogens is 1300 g/mol. The molecule has 0 radical (unpaired) electrons. The zero-order valence-electron chi connectivity index (χ0n) is 51.8. The molecule has 36 nitrogen and oxygen atoms in total. The largest absolute Gasteiger partial charge is 0.547 e. The van der Waals surface area contributed by atoms with E-state index in [-0.39, 0.29) is 63.7 Å². The van der Waals surface area contributed by atoms with Crippen molar-refractivity contribution in [1.29, 1.82) is 0 Å². The van der Waals surface area contributed by atoms with Gasteiger partial charge in [-0.1, -0.05) is 12.2 Å². The first-order valence-electron chi connectivity index (χ1n) is 32.3. The molecule has 5 aliphatic heterocycles. The van der Waals surface area contributed by atoms with Crippen LogP contribution in [0.4, 0.5) is 0 Å². The van der Waals surface area contributed by atoms with Crippen LogP contribution < -0.4 is 5.11 Å². The molecule has 0 bridgehead atoms. The third kappa shape index (κ3) is 18.3. The van der Waals surface area contributed by atoms with E-state index < -0.39 is 264 Å². The fourth-order valence-corrected chi connectivity index (χ4v) is 14.2. The number of aliphatic carboxylic acids is 2. The van der Waals surface area contributed by atoms with E-state index >= 15 is 0 Å². The first-order chi connectivity index (χ1) is 45.5. The zero-order valence-corrected chi connectivity index (χ0v) is 51.8. The summed E-state index contributed by atoms with van der Waals surface area (Å²) in [6, 6.07) is 0. The monoisotopic (exact) mass is 1390 g/mol. The second kappa shape index (κ2) is 33.5. The van der Waals surface area contributed by atoms with E-state index in [2.05, 4.69) is 0 Å². The van der Waals surface area contributed by atoms with Crippen molar-refractivity contribution in [3.05, 3.63) is 24.3 Å². The number of esters is 3. The van der Waals surface area contributed by atoms with Gasteiger partial charge >= 0.3 is 23.9 Å². The predicted octanol–water partition coefficient (Wildman–Crippen LogP) is -9.99.